The fraction of sp³-hybridized carbons (Fsp3) is 0.0667. The lowest BCUT2D eigenvalue weighted by Gasteiger charge is -2.10. The van der Waals surface area contributed by atoms with Crippen molar-refractivity contribution in [1.82, 2.24) is 0 Å². The number of benzene rings is 1. The summed E-state index contributed by atoms with van der Waals surface area (Å²) in [5, 5.41) is 13.1. The van der Waals surface area contributed by atoms with E-state index in [0.717, 1.165) is 16.5 Å². The Bertz CT molecular complexity index is 648. The van der Waals surface area contributed by atoms with Crippen molar-refractivity contribution in [3.8, 4) is 0 Å². The number of carbonyl (C=O) groups is 2. The zero-order valence-electron chi connectivity index (χ0n) is 11.0. The van der Waals surface area contributed by atoms with Crippen molar-refractivity contribution < 1.29 is 14.7 Å². The first kappa shape index (κ1) is 15.0. The highest BCUT2D eigenvalue weighted by molar-refractivity contribution is 7.10. The first-order chi connectivity index (χ1) is 10.1. The second-order valence-corrected chi connectivity index (χ2v) is 5.26. The highest BCUT2D eigenvalue weighted by Crippen LogP contribution is 2.19. The van der Waals surface area contributed by atoms with Gasteiger partial charge in [0.2, 0.25) is 5.91 Å². The van der Waals surface area contributed by atoms with E-state index >= 15 is 0 Å². The molecule has 1 unspecified atom stereocenters. The Labute approximate surface area is 125 Å². The summed E-state index contributed by atoms with van der Waals surface area (Å²) < 4.78 is 0. The number of carbonyl (C=O) groups excluding carboxylic acids is 1. The third kappa shape index (κ3) is 4.27. The van der Waals surface area contributed by atoms with Gasteiger partial charge in [-0.05, 0) is 35.2 Å². The van der Waals surface area contributed by atoms with E-state index in [1.165, 1.54) is 17.4 Å². The van der Waals surface area contributed by atoms with Crippen LogP contribution in [0.2, 0.25) is 0 Å². The van der Waals surface area contributed by atoms with E-state index in [2.05, 4.69) is 5.32 Å². The number of rotatable bonds is 5. The van der Waals surface area contributed by atoms with Crippen LogP contribution in [-0.2, 0) is 9.59 Å². The Morgan fingerprint density at radius 3 is 2.52 bits per heavy atom. The Balaban J connectivity index is 2.00. The van der Waals surface area contributed by atoms with E-state index in [1.54, 1.807) is 24.3 Å². The van der Waals surface area contributed by atoms with Gasteiger partial charge in [0.05, 0.1) is 0 Å². The molecule has 0 aliphatic rings. The van der Waals surface area contributed by atoms with E-state index in [0.29, 0.717) is 5.69 Å². The molecule has 0 saturated heterocycles. The van der Waals surface area contributed by atoms with Crippen molar-refractivity contribution in [3.63, 3.8) is 0 Å². The number of aliphatic carboxylic acids is 1. The number of thiophene rings is 1. The Morgan fingerprint density at radius 2 is 1.95 bits per heavy atom. The molecule has 0 fully saturated rings. The molecule has 21 heavy (non-hydrogen) atoms. The monoisotopic (exact) mass is 302 g/mol. The van der Waals surface area contributed by atoms with E-state index < -0.39 is 12.0 Å². The maximum absolute atomic E-state index is 12.0. The van der Waals surface area contributed by atoms with Crippen LogP contribution in [-0.4, -0.2) is 17.0 Å². The van der Waals surface area contributed by atoms with Gasteiger partial charge in [0.15, 0.2) is 0 Å². The Hall–Kier alpha value is -2.44. The number of carboxylic acids is 1. The number of nitrogens with one attached hydrogen (secondary N) is 1. The van der Waals surface area contributed by atoms with Gasteiger partial charge in [-0.1, -0.05) is 18.2 Å². The SMILES string of the molecule is NC(C(=O)Nc1ccc(/C=C/C(=O)O)cc1)c1cccs1. The van der Waals surface area contributed by atoms with Gasteiger partial charge >= 0.3 is 5.97 Å². The second-order valence-electron chi connectivity index (χ2n) is 4.28. The largest absolute Gasteiger partial charge is 0.478 e. The van der Waals surface area contributed by atoms with Crippen molar-refractivity contribution in [3.05, 3.63) is 58.3 Å². The van der Waals surface area contributed by atoms with Crippen LogP contribution in [0.4, 0.5) is 5.69 Å². The molecule has 0 radical (unpaired) electrons. The molecule has 0 aliphatic carbocycles. The molecular weight excluding hydrogens is 288 g/mol. The molecule has 1 aromatic heterocycles. The lowest BCUT2D eigenvalue weighted by molar-refractivity contribution is -0.131. The fourth-order valence-electron chi connectivity index (χ4n) is 1.66. The summed E-state index contributed by atoms with van der Waals surface area (Å²) in [4.78, 5) is 23.2. The van der Waals surface area contributed by atoms with E-state index in [-0.39, 0.29) is 5.91 Å². The minimum atomic E-state index is -1.01. The van der Waals surface area contributed by atoms with Gasteiger partial charge in [-0.25, -0.2) is 4.79 Å². The van der Waals surface area contributed by atoms with Crippen LogP contribution >= 0.6 is 11.3 Å². The minimum Gasteiger partial charge on any atom is -0.478 e. The smallest absolute Gasteiger partial charge is 0.328 e. The number of hydrogen-bond donors (Lipinski definition) is 3. The highest BCUT2D eigenvalue weighted by Gasteiger charge is 2.16. The van der Waals surface area contributed by atoms with Crippen LogP contribution in [0.15, 0.2) is 47.9 Å². The molecule has 1 amide bonds. The fourth-order valence-corrected chi connectivity index (χ4v) is 2.39. The standard InChI is InChI=1S/C15H14N2O3S/c16-14(12-2-1-9-21-12)15(20)17-11-6-3-10(4-7-11)5-8-13(18)19/h1-9,14H,16H2,(H,17,20)(H,18,19)/b8-5+. The van der Waals surface area contributed by atoms with Crippen molar-refractivity contribution in [2.45, 2.75) is 6.04 Å². The van der Waals surface area contributed by atoms with Crippen LogP contribution in [0.25, 0.3) is 6.08 Å². The van der Waals surface area contributed by atoms with E-state index in [9.17, 15) is 9.59 Å². The molecule has 4 N–H and O–H groups in total. The van der Waals surface area contributed by atoms with Gasteiger partial charge in [0.25, 0.3) is 0 Å². The Morgan fingerprint density at radius 1 is 1.24 bits per heavy atom. The maximum atomic E-state index is 12.0. The van der Waals surface area contributed by atoms with Crippen LogP contribution in [0.3, 0.4) is 0 Å². The van der Waals surface area contributed by atoms with Crippen LogP contribution in [0.5, 0.6) is 0 Å². The molecule has 1 heterocycles. The highest BCUT2D eigenvalue weighted by atomic mass is 32.1. The van der Waals surface area contributed by atoms with Gasteiger partial charge < -0.3 is 16.2 Å². The predicted molar refractivity (Wildman–Crippen MR) is 83.0 cm³/mol. The molecule has 1 aromatic carbocycles. The number of anilines is 1. The van der Waals surface area contributed by atoms with Gasteiger partial charge in [-0.3, -0.25) is 4.79 Å². The normalized spacial score (nSPS) is 12.2. The molecule has 108 valence electrons. The van der Waals surface area contributed by atoms with Crippen molar-refractivity contribution in [2.24, 2.45) is 5.73 Å². The zero-order valence-corrected chi connectivity index (χ0v) is 11.8. The average molecular weight is 302 g/mol. The second kappa shape index (κ2) is 6.83. The average Bonchev–Trinajstić information content (AvgIpc) is 2.99. The summed E-state index contributed by atoms with van der Waals surface area (Å²) in [5.41, 5.74) is 7.21. The molecule has 0 spiro atoms. The molecular formula is C15H14N2O3S. The molecule has 5 nitrogen and oxygen atoms in total. The molecule has 6 heteroatoms. The quantitative estimate of drug-likeness (QED) is 0.740. The summed E-state index contributed by atoms with van der Waals surface area (Å²) in [6.45, 7) is 0. The van der Waals surface area contributed by atoms with Crippen molar-refractivity contribution >= 4 is 35.0 Å². The molecule has 2 aromatic rings. The predicted octanol–water partition coefficient (Wildman–Crippen LogP) is 2.48. The van der Waals surface area contributed by atoms with E-state index in [4.69, 9.17) is 10.8 Å². The number of hydrogen-bond acceptors (Lipinski definition) is 4. The summed E-state index contributed by atoms with van der Waals surface area (Å²) >= 11 is 1.43. The topological polar surface area (TPSA) is 92.4 Å². The first-order valence-corrected chi connectivity index (χ1v) is 7.05. The molecule has 0 bridgehead atoms. The summed E-state index contributed by atoms with van der Waals surface area (Å²) in [5.74, 6) is -1.29. The third-order valence-corrected chi connectivity index (χ3v) is 3.68. The molecule has 0 saturated carbocycles. The molecule has 2 rings (SSSR count). The van der Waals surface area contributed by atoms with Crippen LogP contribution in [0.1, 0.15) is 16.5 Å². The lowest BCUT2D eigenvalue weighted by atomic mass is 10.2. The minimum absolute atomic E-state index is 0.286. The Kier molecular flexibility index (Phi) is 4.86. The van der Waals surface area contributed by atoms with Crippen molar-refractivity contribution in [1.29, 1.82) is 0 Å². The van der Waals surface area contributed by atoms with E-state index in [1.807, 2.05) is 17.5 Å². The third-order valence-electron chi connectivity index (χ3n) is 2.73. The van der Waals surface area contributed by atoms with Gasteiger partial charge in [-0.2, -0.15) is 0 Å². The first-order valence-electron chi connectivity index (χ1n) is 6.17. The van der Waals surface area contributed by atoms with Gasteiger partial charge in [0, 0.05) is 16.6 Å². The summed E-state index contributed by atoms with van der Waals surface area (Å²) in [6.07, 6.45) is 2.53. The zero-order chi connectivity index (χ0) is 15.2. The summed E-state index contributed by atoms with van der Waals surface area (Å²) in [6, 6.07) is 9.78. The molecule has 0 aliphatic heterocycles. The van der Waals surface area contributed by atoms with Gasteiger partial charge in [-0.15, -0.1) is 11.3 Å². The van der Waals surface area contributed by atoms with Gasteiger partial charge in [0.1, 0.15) is 6.04 Å². The maximum Gasteiger partial charge on any atom is 0.328 e. The lowest BCUT2D eigenvalue weighted by Crippen LogP contribution is -2.26. The summed E-state index contributed by atoms with van der Waals surface area (Å²) in [7, 11) is 0. The number of carboxylic acid groups (broad SMARTS) is 1. The van der Waals surface area contributed by atoms with Crippen LogP contribution < -0.4 is 11.1 Å². The number of nitrogens with two attached hydrogens (primary N) is 1. The van der Waals surface area contributed by atoms with Crippen molar-refractivity contribution in [2.75, 3.05) is 5.32 Å². The van der Waals surface area contributed by atoms with Crippen LogP contribution in [0, 0.1) is 0 Å². The molecule has 1 atom stereocenters. The number of amides is 1.